The Kier molecular flexibility index (Phi) is 9.39. The standard InChI is InChI=1S/C25H27FN4O5.C3H7N/c1-25(23(31)32)13-33-22(34-14-25)21-29-19(15-7-9-16(26)10-8-15)20(30-21)18-11-12-27-24(28-18)35-17-5-3-2-4-6-17;1-2-3-4/h7-12,17,22H,2-6,13-14H2,1H3,(H,29,30)(H,31,32);2H,1,3-4H2. The topological polar surface area (TPSA) is 145 Å². The third-order valence-electron chi connectivity index (χ3n) is 6.57. The van der Waals surface area contributed by atoms with Crippen molar-refractivity contribution in [3.05, 3.63) is 60.8 Å². The largest absolute Gasteiger partial charge is 0.481 e. The molecule has 5 rings (SSSR count). The van der Waals surface area contributed by atoms with E-state index < -0.39 is 17.7 Å². The number of hydrogen-bond donors (Lipinski definition) is 3. The normalized spacial score (nSPS) is 21.5. The van der Waals surface area contributed by atoms with Gasteiger partial charge < -0.3 is 30.0 Å². The molecule has 1 saturated heterocycles. The zero-order chi connectivity index (χ0) is 27.8. The van der Waals surface area contributed by atoms with Gasteiger partial charge in [0.1, 0.15) is 17.3 Å². The fourth-order valence-electron chi connectivity index (χ4n) is 4.26. The Labute approximate surface area is 226 Å². The zero-order valence-electron chi connectivity index (χ0n) is 21.9. The molecule has 0 spiro atoms. The third kappa shape index (κ3) is 7.05. The number of aromatic nitrogens is 4. The quantitative estimate of drug-likeness (QED) is 0.365. The first kappa shape index (κ1) is 28.3. The predicted molar refractivity (Wildman–Crippen MR) is 142 cm³/mol. The molecule has 0 bridgehead atoms. The van der Waals surface area contributed by atoms with Gasteiger partial charge in [0.15, 0.2) is 5.82 Å². The first-order valence-electron chi connectivity index (χ1n) is 13.0. The lowest BCUT2D eigenvalue weighted by Gasteiger charge is -2.33. The molecular weight excluding hydrogens is 505 g/mol. The summed E-state index contributed by atoms with van der Waals surface area (Å²) in [6.45, 7) is 5.45. The Balaban J connectivity index is 0.000000826. The average molecular weight is 540 g/mol. The van der Waals surface area contributed by atoms with E-state index in [1.807, 2.05) is 0 Å². The van der Waals surface area contributed by atoms with Crippen LogP contribution in [-0.4, -0.2) is 56.9 Å². The number of benzene rings is 1. The van der Waals surface area contributed by atoms with E-state index in [1.54, 1.807) is 37.4 Å². The SMILES string of the molecule is C=CCN.CC1(C(=O)O)COC(c2nc(-c3ccc(F)cc3)c(-c3ccnc(OC4CCCCC4)n3)[nH]2)OC1. The maximum absolute atomic E-state index is 13.6. The number of carboxylic acid groups (broad SMARTS) is 1. The number of aromatic amines is 1. The number of rotatable bonds is 7. The van der Waals surface area contributed by atoms with Crippen LogP contribution in [0.2, 0.25) is 0 Å². The Morgan fingerprint density at radius 3 is 2.49 bits per heavy atom. The number of imidazole rings is 1. The van der Waals surface area contributed by atoms with Crippen LogP contribution < -0.4 is 10.5 Å². The molecule has 0 unspecified atom stereocenters. The number of ether oxygens (including phenoxy) is 3. The molecule has 2 fully saturated rings. The van der Waals surface area contributed by atoms with E-state index in [2.05, 4.69) is 26.5 Å². The maximum Gasteiger partial charge on any atom is 0.317 e. The Hall–Kier alpha value is -3.67. The summed E-state index contributed by atoms with van der Waals surface area (Å²) in [6.07, 6.45) is 7.94. The first-order valence-corrected chi connectivity index (χ1v) is 13.0. The molecule has 0 radical (unpaired) electrons. The van der Waals surface area contributed by atoms with Crippen LogP contribution in [0.1, 0.15) is 51.1 Å². The highest BCUT2D eigenvalue weighted by Crippen LogP contribution is 2.36. The van der Waals surface area contributed by atoms with Gasteiger partial charge in [0.25, 0.3) is 0 Å². The van der Waals surface area contributed by atoms with Crippen molar-refractivity contribution in [2.24, 2.45) is 11.1 Å². The molecule has 3 heterocycles. The number of H-pyrrole nitrogens is 1. The second-order valence-corrected chi connectivity index (χ2v) is 9.80. The molecule has 2 aromatic heterocycles. The third-order valence-corrected chi connectivity index (χ3v) is 6.57. The Morgan fingerprint density at radius 1 is 1.21 bits per heavy atom. The number of nitrogens with one attached hydrogen (secondary N) is 1. The van der Waals surface area contributed by atoms with Crippen LogP contribution in [0.15, 0.2) is 49.2 Å². The highest BCUT2D eigenvalue weighted by molar-refractivity contribution is 5.77. The second kappa shape index (κ2) is 12.9. The van der Waals surface area contributed by atoms with Gasteiger partial charge in [0.05, 0.1) is 30.3 Å². The van der Waals surface area contributed by atoms with Crippen molar-refractivity contribution in [2.75, 3.05) is 19.8 Å². The number of carboxylic acids is 1. The molecule has 4 N–H and O–H groups in total. The van der Waals surface area contributed by atoms with Crippen molar-refractivity contribution in [1.82, 2.24) is 19.9 Å². The summed E-state index contributed by atoms with van der Waals surface area (Å²) in [5.41, 5.74) is 6.09. The van der Waals surface area contributed by atoms with Crippen molar-refractivity contribution in [3.8, 4) is 28.7 Å². The molecule has 10 nitrogen and oxygen atoms in total. The van der Waals surface area contributed by atoms with Crippen LogP contribution in [0.4, 0.5) is 4.39 Å². The predicted octanol–water partition coefficient (Wildman–Crippen LogP) is 4.65. The second-order valence-electron chi connectivity index (χ2n) is 9.80. The van der Waals surface area contributed by atoms with Gasteiger partial charge in [-0.3, -0.25) is 4.79 Å². The van der Waals surface area contributed by atoms with Crippen LogP contribution in [0.5, 0.6) is 6.01 Å². The van der Waals surface area contributed by atoms with Crippen LogP contribution in [0.3, 0.4) is 0 Å². The summed E-state index contributed by atoms with van der Waals surface area (Å²) >= 11 is 0. The minimum Gasteiger partial charge on any atom is -0.481 e. The smallest absolute Gasteiger partial charge is 0.317 e. The van der Waals surface area contributed by atoms with Gasteiger partial charge in [-0.25, -0.2) is 14.4 Å². The number of aliphatic carboxylic acids is 1. The van der Waals surface area contributed by atoms with Crippen molar-refractivity contribution < 1.29 is 28.5 Å². The summed E-state index contributed by atoms with van der Waals surface area (Å²) in [6, 6.07) is 8.00. The van der Waals surface area contributed by atoms with Crippen LogP contribution in [-0.2, 0) is 14.3 Å². The molecule has 208 valence electrons. The zero-order valence-corrected chi connectivity index (χ0v) is 21.9. The van der Waals surface area contributed by atoms with Gasteiger partial charge in [-0.15, -0.1) is 6.58 Å². The minimum atomic E-state index is -1.14. The summed E-state index contributed by atoms with van der Waals surface area (Å²) in [7, 11) is 0. The molecule has 1 aliphatic carbocycles. The van der Waals surface area contributed by atoms with Gasteiger partial charge in [0.2, 0.25) is 6.29 Å². The molecular formula is C28H34FN5O5. The van der Waals surface area contributed by atoms with Gasteiger partial charge in [-0.05, 0) is 62.9 Å². The molecule has 39 heavy (non-hydrogen) atoms. The fraction of sp³-hybridized carbons (Fsp3) is 0.429. The Morgan fingerprint density at radius 2 is 1.87 bits per heavy atom. The summed E-state index contributed by atoms with van der Waals surface area (Å²) in [5.74, 6) is -0.988. The van der Waals surface area contributed by atoms with Gasteiger partial charge in [-0.2, -0.15) is 4.98 Å². The number of nitrogens with zero attached hydrogens (tertiary/aromatic N) is 3. The lowest BCUT2D eigenvalue weighted by atomic mass is 9.92. The number of carbonyl (C=O) groups is 1. The molecule has 0 amide bonds. The van der Waals surface area contributed by atoms with Crippen molar-refractivity contribution in [3.63, 3.8) is 0 Å². The van der Waals surface area contributed by atoms with Crippen molar-refractivity contribution >= 4 is 5.97 Å². The summed E-state index contributed by atoms with van der Waals surface area (Å²) in [5, 5.41) is 9.43. The summed E-state index contributed by atoms with van der Waals surface area (Å²) in [4.78, 5) is 28.3. The van der Waals surface area contributed by atoms with Crippen molar-refractivity contribution in [2.45, 2.75) is 51.4 Å². The lowest BCUT2D eigenvalue weighted by molar-refractivity contribution is -0.236. The molecule has 1 saturated carbocycles. The fourth-order valence-corrected chi connectivity index (χ4v) is 4.26. The number of halogens is 1. The number of nitrogens with two attached hydrogens (primary N) is 1. The van der Waals surface area contributed by atoms with Crippen molar-refractivity contribution in [1.29, 1.82) is 0 Å². The van der Waals surface area contributed by atoms with E-state index in [0.717, 1.165) is 25.7 Å². The molecule has 2 aliphatic rings. The van der Waals surface area contributed by atoms with Crippen LogP contribution in [0.25, 0.3) is 22.6 Å². The van der Waals surface area contributed by atoms with E-state index in [4.69, 9.17) is 19.9 Å². The summed E-state index contributed by atoms with van der Waals surface area (Å²) < 4.78 is 31.0. The van der Waals surface area contributed by atoms with E-state index in [9.17, 15) is 14.3 Å². The van der Waals surface area contributed by atoms with E-state index >= 15 is 0 Å². The van der Waals surface area contributed by atoms with E-state index in [0.29, 0.717) is 35.0 Å². The van der Waals surface area contributed by atoms with Crippen LogP contribution >= 0.6 is 0 Å². The maximum atomic E-state index is 13.6. The monoisotopic (exact) mass is 539 g/mol. The minimum absolute atomic E-state index is 0.0260. The van der Waals surface area contributed by atoms with Crippen LogP contribution in [0, 0.1) is 11.2 Å². The van der Waals surface area contributed by atoms with Gasteiger partial charge >= 0.3 is 12.0 Å². The molecule has 1 aliphatic heterocycles. The highest BCUT2D eigenvalue weighted by atomic mass is 19.1. The highest BCUT2D eigenvalue weighted by Gasteiger charge is 2.41. The van der Waals surface area contributed by atoms with Gasteiger partial charge in [-0.1, -0.05) is 12.5 Å². The Bertz CT molecular complexity index is 1250. The molecule has 0 atom stereocenters. The molecule has 11 heteroatoms. The van der Waals surface area contributed by atoms with E-state index in [1.165, 1.54) is 18.6 Å². The molecule has 1 aromatic carbocycles. The van der Waals surface area contributed by atoms with Gasteiger partial charge in [0, 0.05) is 18.3 Å². The lowest BCUT2D eigenvalue weighted by Crippen LogP contribution is -2.42. The average Bonchev–Trinajstić information content (AvgIpc) is 3.40. The first-order chi connectivity index (χ1) is 18.8. The number of hydrogen-bond acceptors (Lipinski definition) is 8. The molecule has 3 aromatic rings. The van der Waals surface area contributed by atoms with E-state index in [-0.39, 0.29) is 31.1 Å².